The van der Waals surface area contributed by atoms with E-state index < -0.39 is 5.60 Å². The number of benzene rings is 1. The van der Waals surface area contributed by atoms with Gasteiger partial charge in [0, 0.05) is 5.56 Å². The Hall–Kier alpha value is -1.22. The van der Waals surface area contributed by atoms with Crippen LogP contribution < -0.4 is 0 Å². The molecule has 1 aromatic rings. The fourth-order valence-corrected chi connectivity index (χ4v) is 1.90. The van der Waals surface area contributed by atoms with E-state index in [1.54, 1.807) is 25.1 Å². The van der Waals surface area contributed by atoms with Crippen molar-refractivity contribution in [3.05, 3.63) is 35.6 Å². The van der Waals surface area contributed by atoms with Crippen LogP contribution in [0.4, 0.5) is 4.39 Å². The van der Waals surface area contributed by atoms with Gasteiger partial charge in [-0.3, -0.25) is 0 Å². The van der Waals surface area contributed by atoms with Crippen LogP contribution >= 0.6 is 0 Å². The van der Waals surface area contributed by atoms with Gasteiger partial charge in [0.05, 0.1) is 6.10 Å². The zero-order chi connectivity index (χ0) is 10.9. The normalized spacial score (nSPS) is 30.4. The Balaban J connectivity index is 2.21. The minimum Gasteiger partial charge on any atom is -0.360 e. The summed E-state index contributed by atoms with van der Waals surface area (Å²) >= 11 is 0. The first-order chi connectivity index (χ1) is 7.14. The summed E-state index contributed by atoms with van der Waals surface area (Å²) in [6, 6.07) is 6.54. The second-order valence-electron chi connectivity index (χ2n) is 4.10. The van der Waals surface area contributed by atoms with E-state index in [2.05, 4.69) is 0 Å². The largest absolute Gasteiger partial charge is 0.360 e. The van der Waals surface area contributed by atoms with Crippen molar-refractivity contribution in [1.29, 1.82) is 0 Å². The Labute approximate surface area is 88.1 Å². The average Bonchev–Trinajstić information content (AvgIpc) is 2.63. The first kappa shape index (κ1) is 10.3. The maximum absolute atomic E-state index is 13.4. The third kappa shape index (κ3) is 1.92. The fraction of sp³-hybridized carbons (Fsp3) is 0.417. The van der Waals surface area contributed by atoms with Gasteiger partial charge in [0.1, 0.15) is 11.4 Å². The van der Waals surface area contributed by atoms with Crippen molar-refractivity contribution in [3.8, 4) is 0 Å². The summed E-state index contributed by atoms with van der Waals surface area (Å²) in [4.78, 5) is 10.8. The SMILES string of the molecule is CC1(C=O)CCC(c2ccccc2F)O1. The zero-order valence-corrected chi connectivity index (χ0v) is 8.57. The predicted octanol–water partition coefficient (Wildman–Crippen LogP) is 2.63. The number of carbonyl (C=O) groups is 1. The molecule has 2 unspecified atom stereocenters. The zero-order valence-electron chi connectivity index (χ0n) is 8.57. The van der Waals surface area contributed by atoms with Crippen LogP contribution in [0.25, 0.3) is 0 Å². The van der Waals surface area contributed by atoms with Crippen LogP contribution in [0, 0.1) is 5.82 Å². The molecule has 2 rings (SSSR count). The second kappa shape index (κ2) is 3.74. The summed E-state index contributed by atoms with van der Waals surface area (Å²) in [5, 5.41) is 0. The second-order valence-corrected chi connectivity index (χ2v) is 4.10. The highest BCUT2D eigenvalue weighted by Crippen LogP contribution is 2.38. The van der Waals surface area contributed by atoms with E-state index in [0.29, 0.717) is 18.4 Å². The van der Waals surface area contributed by atoms with E-state index in [9.17, 15) is 9.18 Å². The molecule has 0 aromatic heterocycles. The number of hydrogen-bond donors (Lipinski definition) is 0. The van der Waals surface area contributed by atoms with Crippen molar-refractivity contribution in [2.75, 3.05) is 0 Å². The quantitative estimate of drug-likeness (QED) is 0.698. The van der Waals surface area contributed by atoms with Gasteiger partial charge in [-0.15, -0.1) is 0 Å². The van der Waals surface area contributed by atoms with Gasteiger partial charge in [0.2, 0.25) is 0 Å². The number of ether oxygens (including phenoxy) is 1. The highest BCUT2D eigenvalue weighted by Gasteiger charge is 2.37. The third-order valence-electron chi connectivity index (χ3n) is 2.82. The van der Waals surface area contributed by atoms with E-state index >= 15 is 0 Å². The molecule has 1 heterocycles. The monoisotopic (exact) mass is 208 g/mol. The summed E-state index contributed by atoms with van der Waals surface area (Å²) < 4.78 is 19.0. The van der Waals surface area contributed by atoms with Gasteiger partial charge >= 0.3 is 0 Å². The molecule has 0 aliphatic carbocycles. The van der Waals surface area contributed by atoms with E-state index in [1.807, 2.05) is 0 Å². The predicted molar refractivity (Wildman–Crippen MR) is 53.9 cm³/mol. The van der Waals surface area contributed by atoms with E-state index in [1.165, 1.54) is 6.07 Å². The lowest BCUT2D eigenvalue weighted by molar-refractivity contribution is -0.127. The van der Waals surface area contributed by atoms with Crippen molar-refractivity contribution in [3.63, 3.8) is 0 Å². The summed E-state index contributed by atoms with van der Waals surface area (Å²) in [5.41, 5.74) is -0.199. The maximum atomic E-state index is 13.4. The summed E-state index contributed by atoms with van der Waals surface area (Å²) in [5.74, 6) is -0.266. The van der Waals surface area contributed by atoms with Crippen LogP contribution in [-0.2, 0) is 9.53 Å². The Kier molecular flexibility index (Phi) is 2.57. The van der Waals surface area contributed by atoms with Gasteiger partial charge in [0.25, 0.3) is 0 Å². The minimum absolute atomic E-state index is 0.266. The number of halogens is 1. The minimum atomic E-state index is -0.743. The lowest BCUT2D eigenvalue weighted by atomic mass is 10.0. The highest BCUT2D eigenvalue weighted by atomic mass is 19.1. The van der Waals surface area contributed by atoms with Crippen molar-refractivity contribution in [2.45, 2.75) is 31.5 Å². The summed E-state index contributed by atoms with van der Waals surface area (Å²) in [7, 11) is 0. The number of rotatable bonds is 2. The molecule has 15 heavy (non-hydrogen) atoms. The van der Waals surface area contributed by atoms with E-state index in [4.69, 9.17) is 4.74 Å². The highest BCUT2D eigenvalue weighted by molar-refractivity contribution is 5.62. The van der Waals surface area contributed by atoms with Crippen LogP contribution in [-0.4, -0.2) is 11.9 Å². The first-order valence-electron chi connectivity index (χ1n) is 5.03. The molecule has 0 saturated carbocycles. The van der Waals surface area contributed by atoms with Gasteiger partial charge in [0.15, 0.2) is 6.29 Å². The van der Waals surface area contributed by atoms with Crippen LogP contribution in [0.2, 0.25) is 0 Å². The molecule has 0 radical (unpaired) electrons. The lowest BCUT2D eigenvalue weighted by Crippen LogP contribution is -2.24. The van der Waals surface area contributed by atoms with Crippen molar-refractivity contribution >= 4 is 6.29 Å². The molecule has 0 bridgehead atoms. The third-order valence-corrected chi connectivity index (χ3v) is 2.82. The van der Waals surface area contributed by atoms with Crippen LogP contribution in [0.5, 0.6) is 0 Å². The molecule has 0 amide bonds. The molecule has 2 nitrogen and oxygen atoms in total. The average molecular weight is 208 g/mol. The Morgan fingerprint density at radius 2 is 2.27 bits per heavy atom. The number of aldehydes is 1. The molecule has 1 aromatic carbocycles. The van der Waals surface area contributed by atoms with Gasteiger partial charge < -0.3 is 9.53 Å². The van der Waals surface area contributed by atoms with Crippen LogP contribution in [0.3, 0.4) is 0 Å². The molecule has 2 atom stereocenters. The fourth-order valence-electron chi connectivity index (χ4n) is 1.90. The van der Waals surface area contributed by atoms with E-state index in [0.717, 1.165) is 6.29 Å². The Morgan fingerprint density at radius 3 is 2.87 bits per heavy atom. The Bertz CT molecular complexity index is 378. The number of carbonyl (C=O) groups excluding carboxylic acids is 1. The smallest absolute Gasteiger partial charge is 0.151 e. The lowest BCUT2D eigenvalue weighted by Gasteiger charge is -2.18. The molecule has 1 aliphatic heterocycles. The molecular weight excluding hydrogens is 195 g/mol. The van der Waals surface area contributed by atoms with Crippen molar-refractivity contribution in [1.82, 2.24) is 0 Å². The molecule has 0 N–H and O–H groups in total. The topological polar surface area (TPSA) is 26.3 Å². The molecule has 3 heteroatoms. The van der Waals surface area contributed by atoms with Gasteiger partial charge in [-0.05, 0) is 25.8 Å². The molecular formula is C12H13FO2. The maximum Gasteiger partial charge on any atom is 0.151 e. The molecule has 80 valence electrons. The van der Waals surface area contributed by atoms with Crippen molar-refractivity contribution < 1.29 is 13.9 Å². The van der Waals surface area contributed by atoms with Crippen LogP contribution in [0.15, 0.2) is 24.3 Å². The standard InChI is InChI=1S/C12H13FO2/c1-12(8-14)7-6-11(15-12)9-4-2-3-5-10(9)13/h2-5,8,11H,6-7H2,1H3. The molecule has 0 spiro atoms. The molecule has 1 fully saturated rings. The van der Waals surface area contributed by atoms with Crippen LogP contribution in [0.1, 0.15) is 31.4 Å². The van der Waals surface area contributed by atoms with E-state index in [-0.39, 0.29) is 11.9 Å². The molecule has 1 saturated heterocycles. The summed E-state index contributed by atoms with van der Waals surface area (Å²) in [6.07, 6.45) is 1.85. The van der Waals surface area contributed by atoms with Gasteiger partial charge in [-0.2, -0.15) is 0 Å². The summed E-state index contributed by atoms with van der Waals surface area (Å²) in [6.45, 7) is 1.74. The first-order valence-corrected chi connectivity index (χ1v) is 5.03. The molecule has 1 aliphatic rings. The number of hydrogen-bond acceptors (Lipinski definition) is 2. The van der Waals surface area contributed by atoms with Gasteiger partial charge in [-0.1, -0.05) is 18.2 Å². The van der Waals surface area contributed by atoms with Gasteiger partial charge in [-0.25, -0.2) is 4.39 Å². The van der Waals surface area contributed by atoms with Crippen molar-refractivity contribution in [2.24, 2.45) is 0 Å². The Morgan fingerprint density at radius 1 is 1.53 bits per heavy atom.